The Morgan fingerprint density at radius 1 is 1.19 bits per heavy atom. The van der Waals surface area contributed by atoms with Crippen molar-refractivity contribution < 1.29 is 18.6 Å². The number of rotatable bonds is 10. The molecule has 21 heavy (non-hydrogen) atoms. The van der Waals surface area contributed by atoms with E-state index in [1.54, 1.807) is 16.1 Å². The average molecular weight is 354 g/mol. The zero-order valence-corrected chi connectivity index (χ0v) is 16.0. The third-order valence-corrected chi connectivity index (χ3v) is 8.80. The number of ether oxygens (including phenoxy) is 1. The Balaban J connectivity index is 2.79. The molecule has 0 N–H and O–H groups in total. The van der Waals surface area contributed by atoms with Crippen molar-refractivity contribution in [3.8, 4) is 0 Å². The summed E-state index contributed by atoms with van der Waals surface area (Å²) in [6.45, 7) is 11.4. The normalized spacial score (nSPS) is 20.7. The summed E-state index contributed by atoms with van der Waals surface area (Å²) in [5.74, 6) is 0.937. The van der Waals surface area contributed by atoms with E-state index < -0.39 is 11.4 Å². The molecule has 0 bridgehead atoms. The number of hydrogen-bond acceptors (Lipinski definition) is 5. The molecule has 0 aromatic carbocycles. The van der Waals surface area contributed by atoms with Gasteiger partial charge in [-0.15, -0.1) is 0 Å². The van der Waals surface area contributed by atoms with E-state index in [9.17, 15) is 0 Å². The minimum absolute atomic E-state index is 0.444. The van der Waals surface area contributed by atoms with Gasteiger partial charge >= 0.3 is 11.4 Å². The third-order valence-electron chi connectivity index (χ3n) is 3.44. The van der Waals surface area contributed by atoms with Crippen molar-refractivity contribution in [3.05, 3.63) is 0 Å². The van der Waals surface area contributed by atoms with Crippen molar-refractivity contribution in [2.45, 2.75) is 65.0 Å². The lowest BCUT2D eigenvalue weighted by atomic mass is 9.92. The van der Waals surface area contributed by atoms with E-state index in [4.69, 9.17) is 25.7 Å². The molecule has 1 aliphatic rings. The van der Waals surface area contributed by atoms with Crippen molar-refractivity contribution in [1.82, 2.24) is 0 Å². The van der Waals surface area contributed by atoms with Crippen molar-refractivity contribution in [1.29, 1.82) is 0 Å². The largest absolute Gasteiger partial charge is 0.369 e. The second kappa shape index (κ2) is 9.51. The minimum atomic E-state index is -2.39. The number of nitrogens with zero attached hydrogens (tertiary/aromatic N) is 1. The molecule has 0 amide bonds. The topological polar surface area (TPSA) is 30.7 Å². The van der Waals surface area contributed by atoms with E-state index in [0.717, 1.165) is 37.9 Å². The van der Waals surface area contributed by atoms with Gasteiger partial charge < -0.3 is 9.26 Å². The predicted molar refractivity (Wildman–Crippen MR) is 94.6 cm³/mol. The summed E-state index contributed by atoms with van der Waals surface area (Å²) in [6, 6.07) is 0. The van der Waals surface area contributed by atoms with Gasteiger partial charge in [-0.05, 0) is 44.9 Å². The Morgan fingerprint density at radius 3 is 2.38 bits per heavy atom. The van der Waals surface area contributed by atoms with E-state index >= 15 is 0 Å². The van der Waals surface area contributed by atoms with Gasteiger partial charge in [0.2, 0.25) is 0 Å². The van der Waals surface area contributed by atoms with Crippen molar-refractivity contribution in [3.63, 3.8) is 0 Å². The third kappa shape index (κ3) is 5.83. The molecule has 4 nitrogen and oxygen atoms in total. The number of hydroxylamine groups is 1. The van der Waals surface area contributed by atoms with Gasteiger partial charge in [0.25, 0.3) is 0 Å². The Labute approximate surface area is 138 Å². The molecular formula is C14H29NO3PS2+. The Hall–Kier alpha value is 0.390. The van der Waals surface area contributed by atoms with E-state index in [1.807, 2.05) is 13.8 Å². The van der Waals surface area contributed by atoms with Gasteiger partial charge in [0, 0.05) is 23.3 Å². The molecule has 1 unspecified atom stereocenters. The zero-order chi connectivity index (χ0) is 15.8. The first-order valence-electron chi connectivity index (χ1n) is 7.85. The molecule has 0 heterocycles. The molecule has 0 spiro atoms. The molecule has 124 valence electrons. The highest BCUT2D eigenvalue weighted by atomic mass is 32.9. The molecular weight excluding hydrogens is 325 g/mol. The monoisotopic (exact) mass is 354 g/mol. The van der Waals surface area contributed by atoms with Crippen LogP contribution in [-0.2, 0) is 25.7 Å². The maximum Gasteiger partial charge on any atom is 0.369 e. The van der Waals surface area contributed by atoms with Crippen LogP contribution in [-0.4, -0.2) is 36.1 Å². The fourth-order valence-corrected chi connectivity index (χ4v) is 7.13. The van der Waals surface area contributed by atoms with E-state index in [2.05, 4.69) is 13.6 Å². The second-order valence-electron chi connectivity index (χ2n) is 5.10. The standard InChI is InChI=1S/C14H29NO3PS2/c1-5-13-21-19(20,17-7-3)18-15(4)14(16-6-2)11-9-8-10-12-14/h4-13H2,1-3H3/q+1. The van der Waals surface area contributed by atoms with Gasteiger partial charge in [-0.3, -0.25) is 0 Å². The van der Waals surface area contributed by atoms with Crippen LogP contribution in [0.5, 0.6) is 0 Å². The van der Waals surface area contributed by atoms with E-state index in [0.29, 0.717) is 13.2 Å². The first-order chi connectivity index (χ1) is 10.0. The summed E-state index contributed by atoms with van der Waals surface area (Å²) in [7, 11) is 0. The lowest BCUT2D eigenvalue weighted by Crippen LogP contribution is -2.45. The molecule has 7 heteroatoms. The van der Waals surface area contributed by atoms with Gasteiger partial charge in [0.1, 0.15) is 0 Å². The summed E-state index contributed by atoms with van der Waals surface area (Å²) in [5, 5.41) is 0. The summed E-state index contributed by atoms with van der Waals surface area (Å²) < 4.78 is 19.4. The molecule has 1 atom stereocenters. The minimum Gasteiger partial charge on any atom is -0.316 e. The Bertz CT molecular complexity index is 368. The lowest BCUT2D eigenvalue weighted by molar-refractivity contribution is -0.830. The summed E-state index contributed by atoms with van der Waals surface area (Å²) in [5.41, 5.74) is -2.83. The fourth-order valence-electron chi connectivity index (χ4n) is 2.48. The van der Waals surface area contributed by atoms with Gasteiger partial charge in [0.15, 0.2) is 6.72 Å². The molecule has 0 radical (unpaired) electrons. The summed E-state index contributed by atoms with van der Waals surface area (Å²) in [4.78, 5) is 0. The first kappa shape index (κ1) is 19.4. The van der Waals surface area contributed by atoms with Crippen molar-refractivity contribution in [2.75, 3.05) is 19.0 Å². The van der Waals surface area contributed by atoms with E-state index in [1.165, 1.54) is 6.42 Å². The van der Waals surface area contributed by atoms with Gasteiger partial charge in [-0.1, -0.05) is 24.7 Å². The van der Waals surface area contributed by atoms with Gasteiger partial charge in [-0.25, -0.2) is 4.62 Å². The van der Waals surface area contributed by atoms with Crippen LogP contribution < -0.4 is 0 Å². The maximum absolute atomic E-state index is 6.04. The average Bonchev–Trinajstić information content (AvgIpc) is 2.46. The summed E-state index contributed by atoms with van der Waals surface area (Å²) >= 11 is 7.24. The van der Waals surface area contributed by atoms with Gasteiger partial charge in [-0.2, -0.15) is 0 Å². The lowest BCUT2D eigenvalue weighted by Gasteiger charge is -2.32. The molecule has 1 saturated carbocycles. The SMILES string of the molecule is C=[N+](OP(=S)(OCC)SCCC)C1(OCC)CCCCC1. The highest BCUT2D eigenvalue weighted by molar-refractivity contribution is 8.67. The van der Waals surface area contributed by atoms with Gasteiger partial charge in [0.05, 0.1) is 13.2 Å². The van der Waals surface area contributed by atoms with Crippen LogP contribution in [0.1, 0.15) is 59.3 Å². The van der Waals surface area contributed by atoms with Crippen LogP contribution in [0.4, 0.5) is 0 Å². The van der Waals surface area contributed by atoms with E-state index in [-0.39, 0.29) is 0 Å². The van der Waals surface area contributed by atoms with Crippen LogP contribution in [0.15, 0.2) is 0 Å². The Kier molecular flexibility index (Phi) is 8.80. The highest BCUT2D eigenvalue weighted by Crippen LogP contribution is 2.61. The van der Waals surface area contributed by atoms with Crippen molar-refractivity contribution in [2.24, 2.45) is 0 Å². The highest BCUT2D eigenvalue weighted by Gasteiger charge is 2.47. The number of hydrogen-bond donors (Lipinski definition) is 0. The van der Waals surface area contributed by atoms with Crippen LogP contribution >= 0.6 is 17.1 Å². The molecule has 1 fully saturated rings. The molecule has 0 aromatic rings. The molecule has 0 aliphatic heterocycles. The molecule has 1 aliphatic carbocycles. The molecule has 1 rings (SSSR count). The predicted octanol–water partition coefficient (Wildman–Crippen LogP) is 4.73. The van der Waals surface area contributed by atoms with Crippen LogP contribution in [0.25, 0.3) is 0 Å². The van der Waals surface area contributed by atoms with Crippen molar-refractivity contribution >= 4 is 35.6 Å². The summed E-state index contributed by atoms with van der Waals surface area (Å²) in [6.07, 6.45) is 6.43. The quantitative estimate of drug-likeness (QED) is 0.186. The fraction of sp³-hybridized carbons (Fsp3) is 0.929. The van der Waals surface area contributed by atoms with Crippen LogP contribution in [0.2, 0.25) is 0 Å². The van der Waals surface area contributed by atoms with Crippen LogP contribution in [0.3, 0.4) is 0 Å². The zero-order valence-electron chi connectivity index (χ0n) is 13.5. The first-order valence-corrected chi connectivity index (χ1v) is 12.1. The Morgan fingerprint density at radius 2 is 1.86 bits per heavy atom. The maximum atomic E-state index is 6.04. The molecule has 0 aromatic heterocycles. The van der Waals surface area contributed by atoms with Crippen LogP contribution in [0, 0.1) is 0 Å². The molecule has 0 saturated heterocycles. The smallest absolute Gasteiger partial charge is 0.316 e. The second-order valence-corrected chi connectivity index (χ2v) is 11.4.